The van der Waals surface area contributed by atoms with Crippen LogP contribution in [-0.2, 0) is 13.6 Å². The molecule has 0 aliphatic rings. The molecule has 1 aromatic heterocycles. The first kappa shape index (κ1) is 13.6. The number of hydrogen-bond donors (Lipinski definition) is 1. The first-order valence-corrected chi connectivity index (χ1v) is 6.37. The Bertz CT molecular complexity index is 614. The topological polar surface area (TPSA) is 53.1 Å². The van der Waals surface area contributed by atoms with Crippen LogP contribution in [0.2, 0.25) is 0 Å². The summed E-state index contributed by atoms with van der Waals surface area (Å²) >= 11 is 0. The summed E-state index contributed by atoms with van der Waals surface area (Å²) in [5, 5.41) is 0. The molecule has 4 heteroatoms. The number of methoxy groups -OCH3 is 1. The highest BCUT2D eigenvalue weighted by molar-refractivity contribution is 5.71. The van der Waals surface area contributed by atoms with Gasteiger partial charge in [-0.05, 0) is 44.0 Å². The molecule has 2 rings (SSSR count). The zero-order chi connectivity index (χ0) is 14.2. The number of nitrogens with zero attached hydrogens (tertiary/aromatic N) is 2. The second-order valence-corrected chi connectivity index (χ2v) is 4.86. The lowest BCUT2D eigenvalue weighted by Gasteiger charge is -2.13. The average Bonchev–Trinajstić information content (AvgIpc) is 2.67. The van der Waals surface area contributed by atoms with Gasteiger partial charge in [-0.2, -0.15) is 0 Å². The summed E-state index contributed by atoms with van der Waals surface area (Å²) in [5.74, 6) is 1.76. The lowest BCUT2D eigenvalue weighted by molar-refractivity contribution is 0.415. The van der Waals surface area contributed by atoms with Crippen LogP contribution in [0.3, 0.4) is 0 Å². The molecule has 0 aliphatic carbocycles. The zero-order valence-electron chi connectivity index (χ0n) is 12.2. The van der Waals surface area contributed by atoms with Crippen molar-refractivity contribution in [3.8, 4) is 17.0 Å². The summed E-state index contributed by atoms with van der Waals surface area (Å²) in [5.41, 5.74) is 11.3. The lowest BCUT2D eigenvalue weighted by Crippen LogP contribution is -2.06. The molecular weight excluding hydrogens is 238 g/mol. The van der Waals surface area contributed by atoms with E-state index in [1.54, 1.807) is 7.11 Å². The van der Waals surface area contributed by atoms with Gasteiger partial charge in [0, 0.05) is 12.6 Å². The van der Waals surface area contributed by atoms with Crippen LogP contribution in [0.4, 0.5) is 0 Å². The van der Waals surface area contributed by atoms with Crippen molar-refractivity contribution in [3.63, 3.8) is 0 Å². The van der Waals surface area contributed by atoms with E-state index >= 15 is 0 Å². The van der Waals surface area contributed by atoms with Crippen molar-refractivity contribution < 1.29 is 4.74 Å². The number of hydrogen-bond acceptors (Lipinski definition) is 3. The smallest absolute Gasteiger partial charge is 0.128 e. The minimum absolute atomic E-state index is 0.435. The van der Waals surface area contributed by atoms with E-state index in [0.717, 1.165) is 28.5 Å². The second-order valence-electron chi connectivity index (χ2n) is 4.86. The predicted molar refractivity (Wildman–Crippen MR) is 77.3 cm³/mol. The van der Waals surface area contributed by atoms with Crippen molar-refractivity contribution in [2.75, 3.05) is 7.11 Å². The lowest BCUT2D eigenvalue weighted by atomic mass is 10.0. The van der Waals surface area contributed by atoms with E-state index < -0.39 is 0 Å². The van der Waals surface area contributed by atoms with E-state index in [2.05, 4.69) is 31.0 Å². The van der Waals surface area contributed by atoms with Crippen molar-refractivity contribution in [2.24, 2.45) is 12.8 Å². The molecule has 0 unspecified atom stereocenters. The monoisotopic (exact) mass is 259 g/mol. The Morgan fingerprint density at radius 1 is 1.21 bits per heavy atom. The van der Waals surface area contributed by atoms with Crippen LogP contribution in [0.1, 0.15) is 22.6 Å². The fourth-order valence-electron chi connectivity index (χ4n) is 2.40. The van der Waals surface area contributed by atoms with Crippen LogP contribution in [0, 0.1) is 20.8 Å². The maximum absolute atomic E-state index is 5.72. The minimum Gasteiger partial charge on any atom is -0.496 e. The molecule has 0 saturated heterocycles. The van der Waals surface area contributed by atoms with Crippen molar-refractivity contribution in [2.45, 2.75) is 27.3 Å². The van der Waals surface area contributed by atoms with Crippen LogP contribution in [0.15, 0.2) is 12.1 Å². The Kier molecular flexibility index (Phi) is 3.62. The van der Waals surface area contributed by atoms with Gasteiger partial charge in [0.1, 0.15) is 11.6 Å². The molecule has 102 valence electrons. The van der Waals surface area contributed by atoms with E-state index in [1.807, 2.05) is 18.5 Å². The summed E-state index contributed by atoms with van der Waals surface area (Å²) in [6, 6.07) is 4.22. The summed E-state index contributed by atoms with van der Waals surface area (Å²) in [7, 11) is 3.69. The van der Waals surface area contributed by atoms with Gasteiger partial charge in [-0.3, -0.25) is 0 Å². The van der Waals surface area contributed by atoms with Crippen molar-refractivity contribution >= 4 is 0 Å². The predicted octanol–water partition coefficient (Wildman–Crippen LogP) is 2.48. The van der Waals surface area contributed by atoms with E-state index in [1.165, 1.54) is 11.1 Å². The van der Waals surface area contributed by atoms with Gasteiger partial charge >= 0.3 is 0 Å². The van der Waals surface area contributed by atoms with Crippen molar-refractivity contribution in [1.82, 2.24) is 9.55 Å². The first-order valence-electron chi connectivity index (χ1n) is 6.37. The second kappa shape index (κ2) is 5.05. The highest BCUT2D eigenvalue weighted by Crippen LogP contribution is 2.34. The first-order chi connectivity index (χ1) is 8.99. The third-order valence-electron chi connectivity index (χ3n) is 3.62. The van der Waals surface area contributed by atoms with Crippen LogP contribution < -0.4 is 10.5 Å². The van der Waals surface area contributed by atoms with Gasteiger partial charge in [0.2, 0.25) is 0 Å². The Hall–Kier alpha value is -1.81. The van der Waals surface area contributed by atoms with Gasteiger partial charge in [-0.1, -0.05) is 0 Å². The third kappa shape index (κ3) is 2.24. The Labute approximate surface area is 114 Å². The quantitative estimate of drug-likeness (QED) is 0.921. The largest absolute Gasteiger partial charge is 0.496 e. The maximum atomic E-state index is 5.72. The van der Waals surface area contributed by atoms with Gasteiger partial charge in [0.15, 0.2) is 0 Å². The third-order valence-corrected chi connectivity index (χ3v) is 3.62. The van der Waals surface area contributed by atoms with Gasteiger partial charge in [-0.15, -0.1) is 0 Å². The molecule has 0 aliphatic heterocycles. The van der Waals surface area contributed by atoms with E-state index in [4.69, 9.17) is 10.5 Å². The standard InChI is InChI=1S/C15H21N3O/c1-9-6-12(13(19-5)7-10(9)2)15-11(3)17-14(8-16)18(15)4/h6-7H,8,16H2,1-5H3. The molecule has 2 aromatic rings. The van der Waals surface area contributed by atoms with Gasteiger partial charge in [0.05, 0.1) is 25.0 Å². The van der Waals surface area contributed by atoms with Crippen LogP contribution in [-0.4, -0.2) is 16.7 Å². The van der Waals surface area contributed by atoms with E-state index in [9.17, 15) is 0 Å². The average molecular weight is 259 g/mol. The normalized spacial score (nSPS) is 10.8. The molecule has 0 spiro atoms. The number of nitrogens with two attached hydrogens (primary N) is 1. The Balaban J connectivity index is 2.71. The number of aromatic nitrogens is 2. The number of ether oxygens (including phenoxy) is 1. The van der Waals surface area contributed by atoms with Crippen LogP contribution >= 0.6 is 0 Å². The van der Waals surface area contributed by atoms with Gasteiger partial charge in [0.25, 0.3) is 0 Å². The fraction of sp³-hybridized carbons (Fsp3) is 0.400. The molecule has 1 aromatic carbocycles. The molecule has 0 amide bonds. The molecule has 0 saturated carbocycles. The van der Waals surface area contributed by atoms with Crippen LogP contribution in [0.25, 0.3) is 11.3 Å². The zero-order valence-corrected chi connectivity index (χ0v) is 12.2. The van der Waals surface area contributed by atoms with Crippen molar-refractivity contribution in [3.05, 3.63) is 34.8 Å². The Morgan fingerprint density at radius 3 is 2.37 bits per heavy atom. The SMILES string of the molecule is COc1cc(C)c(C)cc1-c1c(C)nc(CN)n1C. The molecule has 0 fully saturated rings. The van der Waals surface area contributed by atoms with Crippen molar-refractivity contribution in [1.29, 1.82) is 0 Å². The molecule has 19 heavy (non-hydrogen) atoms. The summed E-state index contributed by atoms with van der Waals surface area (Å²) < 4.78 is 7.56. The molecule has 0 radical (unpaired) electrons. The maximum Gasteiger partial charge on any atom is 0.128 e. The molecule has 0 atom stereocenters. The summed E-state index contributed by atoms with van der Waals surface area (Å²) in [6.07, 6.45) is 0. The molecule has 4 nitrogen and oxygen atoms in total. The van der Waals surface area contributed by atoms with E-state index in [-0.39, 0.29) is 0 Å². The minimum atomic E-state index is 0.435. The molecular formula is C15H21N3O. The highest BCUT2D eigenvalue weighted by Gasteiger charge is 2.17. The molecule has 2 N–H and O–H groups in total. The van der Waals surface area contributed by atoms with Gasteiger partial charge in [-0.25, -0.2) is 4.98 Å². The fourth-order valence-corrected chi connectivity index (χ4v) is 2.40. The molecule has 1 heterocycles. The summed E-state index contributed by atoms with van der Waals surface area (Å²) in [6.45, 7) is 6.63. The summed E-state index contributed by atoms with van der Waals surface area (Å²) in [4.78, 5) is 4.51. The number of imidazole rings is 1. The molecule has 0 bridgehead atoms. The highest BCUT2D eigenvalue weighted by atomic mass is 16.5. The number of aryl methyl sites for hydroxylation is 3. The number of rotatable bonds is 3. The van der Waals surface area contributed by atoms with E-state index in [0.29, 0.717) is 6.54 Å². The van der Waals surface area contributed by atoms with Crippen LogP contribution in [0.5, 0.6) is 5.75 Å². The Morgan fingerprint density at radius 2 is 1.84 bits per heavy atom. The van der Waals surface area contributed by atoms with Gasteiger partial charge < -0.3 is 15.0 Å². The number of benzene rings is 1.